The maximum Gasteiger partial charge on any atom is 0.337 e. The summed E-state index contributed by atoms with van der Waals surface area (Å²) in [6.07, 6.45) is 4.45. The summed E-state index contributed by atoms with van der Waals surface area (Å²) in [5.41, 5.74) is 0.464. The van der Waals surface area contributed by atoms with Crippen molar-refractivity contribution >= 4 is 17.6 Å². The number of carboxylic acid groups (broad SMARTS) is 1. The van der Waals surface area contributed by atoms with Crippen molar-refractivity contribution in [2.75, 3.05) is 11.9 Å². The summed E-state index contributed by atoms with van der Waals surface area (Å²) >= 11 is 0. The van der Waals surface area contributed by atoms with Gasteiger partial charge in [-0.25, -0.2) is 4.79 Å². The second-order valence-electron chi connectivity index (χ2n) is 3.91. The van der Waals surface area contributed by atoms with Gasteiger partial charge in [-0.15, -0.1) is 0 Å². The third kappa shape index (κ3) is 2.79. The summed E-state index contributed by atoms with van der Waals surface area (Å²) in [6, 6.07) is 1.20. The van der Waals surface area contributed by atoms with Crippen molar-refractivity contribution in [1.82, 2.24) is 10.3 Å². The zero-order valence-corrected chi connectivity index (χ0v) is 9.14. The molecule has 0 aromatic carbocycles. The Hall–Kier alpha value is -1.95. The molecule has 0 spiro atoms. The van der Waals surface area contributed by atoms with Crippen LogP contribution in [0.3, 0.4) is 0 Å². The Labute approximate surface area is 98.1 Å². The second-order valence-corrected chi connectivity index (χ2v) is 3.91. The van der Waals surface area contributed by atoms with Crippen LogP contribution in [0.15, 0.2) is 18.5 Å². The molecule has 3 N–H and O–H groups in total. The monoisotopic (exact) mass is 235 g/mol. The summed E-state index contributed by atoms with van der Waals surface area (Å²) in [5.74, 6) is -1.21. The molecule has 2 rings (SSSR count). The minimum absolute atomic E-state index is 0.0576. The predicted octanol–water partition coefficient (Wildman–Crippen LogP) is 0.470. The van der Waals surface area contributed by atoms with E-state index in [2.05, 4.69) is 15.6 Å². The van der Waals surface area contributed by atoms with E-state index in [0.29, 0.717) is 5.69 Å². The highest BCUT2D eigenvalue weighted by Crippen LogP contribution is 2.11. The van der Waals surface area contributed by atoms with Gasteiger partial charge in [0, 0.05) is 6.20 Å². The van der Waals surface area contributed by atoms with Crippen LogP contribution in [-0.2, 0) is 4.79 Å². The van der Waals surface area contributed by atoms with E-state index in [0.717, 1.165) is 19.4 Å². The van der Waals surface area contributed by atoms with E-state index in [4.69, 9.17) is 5.11 Å². The number of carbonyl (C=O) groups excluding carboxylic acids is 1. The van der Waals surface area contributed by atoms with Crippen molar-refractivity contribution in [2.24, 2.45) is 0 Å². The number of aromatic nitrogens is 1. The van der Waals surface area contributed by atoms with Crippen LogP contribution in [-0.4, -0.2) is 34.6 Å². The third-order valence-corrected chi connectivity index (χ3v) is 2.63. The summed E-state index contributed by atoms with van der Waals surface area (Å²) in [5, 5.41) is 14.5. The zero-order chi connectivity index (χ0) is 12.3. The zero-order valence-electron chi connectivity index (χ0n) is 9.14. The number of carboxylic acids is 1. The lowest BCUT2D eigenvalue weighted by Crippen LogP contribution is -2.35. The van der Waals surface area contributed by atoms with Gasteiger partial charge in [0.15, 0.2) is 0 Å². The molecule has 1 amide bonds. The molecule has 1 saturated heterocycles. The number of amides is 1. The molecule has 1 aliphatic rings. The highest BCUT2D eigenvalue weighted by Gasteiger charge is 2.22. The van der Waals surface area contributed by atoms with Gasteiger partial charge < -0.3 is 15.7 Å². The molecule has 6 nitrogen and oxygen atoms in total. The minimum atomic E-state index is -1.06. The van der Waals surface area contributed by atoms with Gasteiger partial charge in [-0.1, -0.05) is 0 Å². The number of carbonyl (C=O) groups is 2. The van der Waals surface area contributed by atoms with Gasteiger partial charge in [0.1, 0.15) is 0 Å². The van der Waals surface area contributed by atoms with Gasteiger partial charge in [-0.3, -0.25) is 9.78 Å². The van der Waals surface area contributed by atoms with Crippen LogP contribution in [0.2, 0.25) is 0 Å². The van der Waals surface area contributed by atoms with E-state index in [9.17, 15) is 9.59 Å². The Balaban J connectivity index is 2.05. The predicted molar refractivity (Wildman–Crippen MR) is 60.9 cm³/mol. The third-order valence-electron chi connectivity index (χ3n) is 2.63. The van der Waals surface area contributed by atoms with E-state index in [1.165, 1.54) is 18.5 Å². The SMILES string of the molecule is O=C(O)c1cncc(NC(=O)C2CCCN2)c1. The lowest BCUT2D eigenvalue weighted by molar-refractivity contribution is -0.117. The van der Waals surface area contributed by atoms with E-state index < -0.39 is 5.97 Å². The van der Waals surface area contributed by atoms with Crippen LogP contribution in [0, 0.1) is 0 Å². The Bertz CT molecular complexity index is 441. The van der Waals surface area contributed by atoms with Gasteiger partial charge in [-0.05, 0) is 25.5 Å². The summed E-state index contributed by atoms with van der Waals surface area (Å²) < 4.78 is 0. The average molecular weight is 235 g/mol. The molecule has 0 bridgehead atoms. The van der Waals surface area contributed by atoms with Crippen molar-refractivity contribution in [3.05, 3.63) is 24.0 Å². The van der Waals surface area contributed by atoms with Gasteiger partial charge in [0.25, 0.3) is 0 Å². The number of rotatable bonds is 3. The fraction of sp³-hybridized carbons (Fsp3) is 0.364. The first kappa shape index (κ1) is 11.5. The fourth-order valence-corrected chi connectivity index (χ4v) is 1.76. The van der Waals surface area contributed by atoms with Gasteiger partial charge >= 0.3 is 5.97 Å². The molecule has 17 heavy (non-hydrogen) atoms. The number of aromatic carboxylic acids is 1. The standard InChI is InChI=1S/C11H13N3O3/c15-10(9-2-1-3-13-9)14-8-4-7(11(16)17)5-12-6-8/h4-6,9,13H,1-3H2,(H,14,15)(H,16,17). The minimum Gasteiger partial charge on any atom is -0.478 e. The highest BCUT2D eigenvalue weighted by molar-refractivity contribution is 5.96. The van der Waals surface area contributed by atoms with Crippen molar-refractivity contribution in [3.63, 3.8) is 0 Å². The molecule has 0 radical (unpaired) electrons. The molecule has 0 saturated carbocycles. The number of hydrogen-bond acceptors (Lipinski definition) is 4. The van der Waals surface area contributed by atoms with Crippen molar-refractivity contribution in [3.8, 4) is 0 Å². The number of nitrogens with zero attached hydrogens (tertiary/aromatic N) is 1. The molecule has 1 fully saturated rings. The van der Waals surface area contributed by atoms with E-state index >= 15 is 0 Å². The first-order chi connectivity index (χ1) is 8.16. The topological polar surface area (TPSA) is 91.3 Å². The second kappa shape index (κ2) is 4.92. The number of nitrogens with one attached hydrogen (secondary N) is 2. The molecule has 1 unspecified atom stereocenters. The molecule has 6 heteroatoms. The van der Waals surface area contributed by atoms with Crippen molar-refractivity contribution in [2.45, 2.75) is 18.9 Å². The molecule has 90 valence electrons. The van der Waals surface area contributed by atoms with Crippen molar-refractivity contribution in [1.29, 1.82) is 0 Å². The quantitative estimate of drug-likeness (QED) is 0.708. The molecule has 0 aliphatic carbocycles. The normalized spacial score (nSPS) is 18.9. The molecular formula is C11H13N3O3. The smallest absolute Gasteiger partial charge is 0.337 e. The first-order valence-electron chi connectivity index (χ1n) is 5.39. The highest BCUT2D eigenvalue weighted by atomic mass is 16.4. The van der Waals surface area contributed by atoms with Crippen LogP contribution in [0.4, 0.5) is 5.69 Å². The summed E-state index contributed by atoms with van der Waals surface area (Å²) in [6.45, 7) is 0.839. The fourth-order valence-electron chi connectivity index (χ4n) is 1.76. The van der Waals surface area contributed by atoms with E-state index in [-0.39, 0.29) is 17.5 Å². The largest absolute Gasteiger partial charge is 0.478 e. The van der Waals surface area contributed by atoms with E-state index in [1.54, 1.807) is 0 Å². The van der Waals surface area contributed by atoms with Gasteiger partial charge in [0.2, 0.25) is 5.91 Å². The molecule has 1 aliphatic heterocycles. The van der Waals surface area contributed by atoms with E-state index in [1.807, 2.05) is 0 Å². The van der Waals surface area contributed by atoms with Crippen LogP contribution < -0.4 is 10.6 Å². The Morgan fingerprint density at radius 2 is 2.29 bits per heavy atom. The lowest BCUT2D eigenvalue weighted by atomic mass is 10.2. The Morgan fingerprint density at radius 3 is 2.94 bits per heavy atom. The average Bonchev–Trinajstić information content (AvgIpc) is 2.82. The maximum absolute atomic E-state index is 11.7. The number of pyridine rings is 1. The number of anilines is 1. The van der Waals surface area contributed by atoms with Gasteiger partial charge in [0.05, 0.1) is 23.5 Å². The number of hydrogen-bond donors (Lipinski definition) is 3. The van der Waals surface area contributed by atoms with Crippen LogP contribution in [0.1, 0.15) is 23.2 Å². The first-order valence-corrected chi connectivity index (χ1v) is 5.39. The Morgan fingerprint density at radius 1 is 1.47 bits per heavy atom. The molecule has 2 heterocycles. The molecule has 1 atom stereocenters. The van der Waals surface area contributed by atoms with Crippen LogP contribution in [0.25, 0.3) is 0 Å². The molecule has 1 aromatic rings. The van der Waals surface area contributed by atoms with Crippen LogP contribution in [0.5, 0.6) is 0 Å². The van der Waals surface area contributed by atoms with Crippen molar-refractivity contribution < 1.29 is 14.7 Å². The Kier molecular flexibility index (Phi) is 3.34. The van der Waals surface area contributed by atoms with Crippen LogP contribution >= 0.6 is 0 Å². The summed E-state index contributed by atoms with van der Waals surface area (Å²) in [4.78, 5) is 26.2. The van der Waals surface area contributed by atoms with Gasteiger partial charge in [-0.2, -0.15) is 0 Å². The maximum atomic E-state index is 11.7. The summed E-state index contributed by atoms with van der Waals surface area (Å²) in [7, 11) is 0. The lowest BCUT2D eigenvalue weighted by Gasteiger charge is -2.10. The molecular weight excluding hydrogens is 222 g/mol. The molecule has 1 aromatic heterocycles.